The van der Waals surface area contributed by atoms with E-state index in [4.69, 9.17) is 6.42 Å². The van der Waals surface area contributed by atoms with Gasteiger partial charge in [-0.3, -0.25) is 0 Å². The molecule has 0 unspecified atom stereocenters. The molecule has 0 atom stereocenters. The second-order valence-corrected chi connectivity index (χ2v) is 3.51. The van der Waals surface area contributed by atoms with Gasteiger partial charge < -0.3 is 5.32 Å². The van der Waals surface area contributed by atoms with E-state index < -0.39 is 0 Å². The molecule has 0 amide bonds. The van der Waals surface area contributed by atoms with E-state index in [-0.39, 0.29) is 0 Å². The molecule has 0 spiro atoms. The van der Waals surface area contributed by atoms with Gasteiger partial charge in [0, 0.05) is 12.2 Å². The van der Waals surface area contributed by atoms with Gasteiger partial charge >= 0.3 is 0 Å². The highest BCUT2D eigenvalue weighted by molar-refractivity contribution is 6.00. The van der Waals surface area contributed by atoms with E-state index >= 15 is 0 Å². The van der Waals surface area contributed by atoms with Gasteiger partial charge in [0.25, 0.3) is 0 Å². The highest BCUT2D eigenvalue weighted by Crippen LogP contribution is 2.23. The van der Waals surface area contributed by atoms with Crippen molar-refractivity contribution in [3.63, 3.8) is 0 Å². The summed E-state index contributed by atoms with van der Waals surface area (Å²) in [4.78, 5) is 4.48. The Balaban J connectivity index is 2.24. The van der Waals surface area contributed by atoms with Gasteiger partial charge in [-0.25, -0.2) is 4.99 Å². The summed E-state index contributed by atoms with van der Waals surface area (Å²) in [5.74, 6) is 2.65. The molecule has 0 bridgehead atoms. The Morgan fingerprint density at radius 3 is 2.85 bits per heavy atom. The van der Waals surface area contributed by atoms with E-state index in [1.54, 1.807) is 0 Å². The molecule has 1 fully saturated rings. The number of hydrogen-bond donors (Lipinski definition) is 1. The topological polar surface area (TPSA) is 24.4 Å². The first-order valence-corrected chi connectivity index (χ1v) is 4.90. The molecule has 2 rings (SSSR count). The third-order valence-electron chi connectivity index (χ3n) is 2.55. The number of allylic oxidation sites excluding steroid dienone is 2. The lowest BCUT2D eigenvalue weighted by atomic mass is 10.1. The molecule has 13 heavy (non-hydrogen) atoms. The Kier molecular flexibility index (Phi) is 2.35. The standard InChI is InChI=1S/C11H14N2/c1-2-9-5-3-6-11(13-9)10-7-4-8-12-10/h1,12H,3-8H2/b11-10+. The third kappa shape index (κ3) is 1.75. The number of aliphatic imine (C=N–C) groups is 1. The highest BCUT2D eigenvalue weighted by Gasteiger charge is 2.14. The largest absolute Gasteiger partial charge is 0.387 e. The Morgan fingerprint density at radius 2 is 2.15 bits per heavy atom. The minimum absolute atomic E-state index is 0.919. The van der Waals surface area contributed by atoms with Gasteiger partial charge in [-0.2, -0.15) is 0 Å². The number of nitrogens with zero attached hydrogens (tertiary/aromatic N) is 1. The zero-order chi connectivity index (χ0) is 9.10. The van der Waals surface area contributed by atoms with E-state index in [9.17, 15) is 0 Å². The molecule has 0 aliphatic carbocycles. The van der Waals surface area contributed by atoms with Crippen molar-refractivity contribution in [2.75, 3.05) is 6.54 Å². The van der Waals surface area contributed by atoms with Crippen LogP contribution < -0.4 is 5.32 Å². The quantitative estimate of drug-likeness (QED) is 0.557. The maximum atomic E-state index is 5.34. The van der Waals surface area contributed by atoms with Gasteiger partial charge in [0.15, 0.2) is 0 Å². The summed E-state index contributed by atoms with van der Waals surface area (Å²) >= 11 is 0. The van der Waals surface area contributed by atoms with Crippen LogP contribution in [0.25, 0.3) is 0 Å². The van der Waals surface area contributed by atoms with Crippen LogP contribution in [0.1, 0.15) is 32.1 Å². The van der Waals surface area contributed by atoms with Crippen LogP contribution >= 0.6 is 0 Å². The van der Waals surface area contributed by atoms with E-state index in [1.165, 1.54) is 17.8 Å². The van der Waals surface area contributed by atoms with E-state index in [0.717, 1.165) is 37.9 Å². The van der Waals surface area contributed by atoms with Crippen molar-refractivity contribution < 1.29 is 0 Å². The Bertz CT molecular complexity index is 297. The molecule has 1 N–H and O–H groups in total. The molecule has 2 heteroatoms. The van der Waals surface area contributed by atoms with Gasteiger partial charge in [0.2, 0.25) is 0 Å². The van der Waals surface area contributed by atoms with E-state index in [2.05, 4.69) is 16.2 Å². The molecule has 0 saturated carbocycles. The smallest absolute Gasteiger partial charge is 0.0900 e. The molecule has 2 aliphatic heterocycles. The van der Waals surface area contributed by atoms with E-state index in [0.29, 0.717) is 0 Å². The van der Waals surface area contributed by atoms with Crippen LogP contribution in [-0.4, -0.2) is 12.3 Å². The van der Waals surface area contributed by atoms with Crippen LogP contribution in [0.4, 0.5) is 0 Å². The molecular formula is C11H14N2. The summed E-state index contributed by atoms with van der Waals surface area (Å²) in [5, 5.41) is 3.37. The number of rotatable bonds is 0. The Hall–Kier alpha value is -1.23. The predicted molar refractivity (Wildman–Crippen MR) is 54.4 cm³/mol. The molecular weight excluding hydrogens is 160 g/mol. The zero-order valence-electron chi connectivity index (χ0n) is 7.77. The summed E-state index contributed by atoms with van der Waals surface area (Å²) < 4.78 is 0. The summed E-state index contributed by atoms with van der Waals surface area (Å²) in [6, 6.07) is 0. The van der Waals surface area contributed by atoms with E-state index in [1.807, 2.05) is 0 Å². The molecule has 1 saturated heterocycles. The average molecular weight is 174 g/mol. The molecule has 68 valence electrons. The van der Waals surface area contributed by atoms with Gasteiger partial charge in [-0.1, -0.05) is 5.92 Å². The second kappa shape index (κ2) is 3.66. The lowest BCUT2D eigenvalue weighted by Crippen LogP contribution is -2.10. The number of nitrogens with one attached hydrogen (secondary N) is 1. The maximum absolute atomic E-state index is 5.34. The van der Waals surface area contributed by atoms with Gasteiger partial charge in [0.05, 0.1) is 11.4 Å². The highest BCUT2D eigenvalue weighted by atomic mass is 14.9. The molecule has 0 radical (unpaired) electrons. The summed E-state index contributed by atoms with van der Waals surface area (Å²) in [6.07, 6.45) is 11.0. The van der Waals surface area contributed by atoms with Gasteiger partial charge in [0.1, 0.15) is 0 Å². The lowest BCUT2D eigenvalue weighted by molar-refractivity contribution is 0.783. The van der Waals surface area contributed by atoms with Crippen molar-refractivity contribution in [2.24, 2.45) is 4.99 Å². The maximum Gasteiger partial charge on any atom is 0.0900 e. The minimum atomic E-state index is 0.919. The zero-order valence-corrected chi connectivity index (χ0v) is 7.77. The van der Waals surface area contributed by atoms with Crippen LogP contribution in [0.3, 0.4) is 0 Å². The molecule has 0 aromatic heterocycles. The van der Waals surface area contributed by atoms with Crippen molar-refractivity contribution in [3.05, 3.63) is 11.4 Å². The van der Waals surface area contributed by atoms with Crippen molar-refractivity contribution in [3.8, 4) is 12.3 Å². The summed E-state index contributed by atoms with van der Waals surface area (Å²) in [6.45, 7) is 1.10. The van der Waals surface area contributed by atoms with Gasteiger partial charge in [-0.05, 0) is 32.1 Å². The number of terminal acetylenes is 1. The van der Waals surface area contributed by atoms with Crippen LogP contribution in [0.2, 0.25) is 0 Å². The Morgan fingerprint density at radius 1 is 1.23 bits per heavy atom. The van der Waals surface area contributed by atoms with Crippen LogP contribution in [0.15, 0.2) is 16.4 Å². The SMILES string of the molecule is C#CC1=N/C(=C2\CCCN2)CCC1. The van der Waals surface area contributed by atoms with Crippen LogP contribution in [-0.2, 0) is 0 Å². The number of hydrogen-bond acceptors (Lipinski definition) is 2. The first kappa shape index (κ1) is 8.37. The first-order chi connectivity index (χ1) is 6.40. The fraction of sp³-hybridized carbons (Fsp3) is 0.545. The summed E-state index contributed by atoms with van der Waals surface area (Å²) in [5.41, 5.74) is 3.45. The van der Waals surface area contributed by atoms with Crippen molar-refractivity contribution in [1.29, 1.82) is 0 Å². The Labute approximate surface area is 79.1 Å². The first-order valence-electron chi connectivity index (χ1n) is 4.90. The minimum Gasteiger partial charge on any atom is -0.387 e. The molecule has 2 nitrogen and oxygen atoms in total. The van der Waals surface area contributed by atoms with Crippen molar-refractivity contribution >= 4 is 5.71 Å². The predicted octanol–water partition coefficient (Wildman–Crippen LogP) is 1.84. The molecule has 0 aromatic rings. The lowest BCUT2D eigenvalue weighted by Gasteiger charge is -2.13. The molecule has 0 aromatic carbocycles. The fourth-order valence-corrected chi connectivity index (χ4v) is 1.86. The summed E-state index contributed by atoms with van der Waals surface area (Å²) in [7, 11) is 0. The van der Waals surface area contributed by atoms with Crippen molar-refractivity contribution in [2.45, 2.75) is 32.1 Å². The fourth-order valence-electron chi connectivity index (χ4n) is 1.86. The van der Waals surface area contributed by atoms with Crippen molar-refractivity contribution in [1.82, 2.24) is 5.32 Å². The third-order valence-corrected chi connectivity index (χ3v) is 2.55. The molecule has 2 heterocycles. The second-order valence-electron chi connectivity index (χ2n) is 3.51. The normalized spacial score (nSPS) is 27.8. The van der Waals surface area contributed by atoms with Gasteiger partial charge in [-0.15, -0.1) is 6.42 Å². The van der Waals surface area contributed by atoms with Crippen LogP contribution in [0.5, 0.6) is 0 Å². The molecule has 2 aliphatic rings. The average Bonchev–Trinajstić information content (AvgIpc) is 2.71. The monoisotopic (exact) mass is 174 g/mol. The van der Waals surface area contributed by atoms with Crippen LogP contribution in [0, 0.1) is 12.3 Å².